The average Bonchev–Trinajstić information content (AvgIpc) is 2.82. The highest BCUT2D eigenvalue weighted by atomic mass is 19.1. The third kappa shape index (κ3) is 4.53. The zero-order valence-electron chi connectivity index (χ0n) is 18.6. The summed E-state index contributed by atoms with van der Waals surface area (Å²) in [5.41, 5.74) is 2.28. The van der Waals surface area contributed by atoms with Crippen LogP contribution < -0.4 is 15.4 Å². The molecule has 4 rings (SSSR count). The number of carbonyl (C=O) groups is 2. The van der Waals surface area contributed by atoms with E-state index in [1.54, 1.807) is 12.1 Å². The topological polar surface area (TPSA) is 76.7 Å². The summed E-state index contributed by atoms with van der Waals surface area (Å²) >= 11 is 0. The van der Waals surface area contributed by atoms with Crippen LogP contribution in [0.5, 0.6) is 5.75 Å². The minimum Gasteiger partial charge on any atom is -0.489 e. The van der Waals surface area contributed by atoms with E-state index >= 15 is 0 Å². The summed E-state index contributed by atoms with van der Waals surface area (Å²) in [5, 5.41) is 7.42. The third-order valence-electron chi connectivity index (χ3n) is 5.61. The number of allylic oxidation sites excluding steroid dienone is 1. The van der Waals surface area contributed by atoms with Gasteiger partial charge in [-0.25, -0.2) is 14.0 Å². The number of amides is 2. The summed E-state index contributed by atoms with van der Waals surface area (Å²) in [4.78, 5) is 25.5. The highest BCUT2D eigenvalue weighted by molar-refractivity contribution is 5.98. The normalized spacial score (nSPS) is 15.9. The van der Waals surface area contributed by atoms with Gasteiger partial charge in [-0.15, -0.1) is 0 Å². The molecule has 1 unspecified atom stereocenters. The lowest BCUT2D eigenvalue weighted by Gasteiger charge is -2.32. The molecule has 3 aromatic carbocycles. The van der Waals surface area contributed by atoms with Crippen LogP contribution in [-0.4, -0.2) is 19.1 Å². The van der Waals surface area contributed by atoms with Crippen molar-refractivity contribution in [3.05, 3.63) is 88.9 Å². The van der Waals surface area contributed by atoms with Gasteiger partial charge in [0.25, 0.3) is 0 Å². The number of methoxy groups -OCH3 is 1. The molecule has 6 nitrogen and oxygen atoms in total. The maximum atomic E-state index is 13.3. The fraction of sp³-hybridized carbons (Fsp3) is 0.231. The molecule has 0 saturated heterocycles. The summed E-state index contributed by atoms with van der Waals surface area (Å²) in [7, 11) is 1.32. The first-order valence-electron chi connectivity index (χ1n) is 10.7. The Kier molecular flexibility index (Phi) is 6.31. The van der Waals surface area contributed by atoms with E-state index in [0.717, 1.165) is 16.3 Å². The molecule has 0 aromatic heterocycles. The maximum Gasteiger partial charge on any atom is 0.337 e. The number of fused-ring (bicyclic) bond motifs is 1. The molecule has 33 heavy (non-hydrogen) atoms. The molecule has 0 bridgehead atoms. The lowest BCUT2D eigenvalue weighted by Crippen LogP contribution is -2.47. The first kappa shape index (κ1) is 22.3. The van der Waals surface area contributed by atoms with Crippen molar-refractivity contribution in [2.24, 2.45) is 5.92 Å². The van der Waals surface area contributed by atoms with Crippen molar-refractivity contribution in [3.63, 3.8) is 0 Å². The van der Waals surface area contributed by atoms with Crippen LogP contribution in [-0.2, 0) is 16.1 Å². The molecule has 1 atom stereocenters. The third-order valence-corrected chi connectivity index (χ3v) is 5.61. The van der Waals surface area contributed by atoms with Gasteiger partial charge in [0, 0.05) is 11.3 Å². The van der Waals surface area contributed by atoms with Gasteiger partial charge >= 0.3 is 12.0 Å². The summed E-state index contributed by atoms with van der Waals surface area (Å²) in [5.74, 6) is -0.466. The smallest absolute Gasteiger partial charge is 0.337 e. The summed E-state index contributed by atoms with van der Waals surface area (Å²) in [6.07, 6.45) is 0. The zero-order chi connectivity index (χ0) is 23.5. The highest BCUT2D eigenvalue weighted by Crippen LogP contribution is 2.40. The predicted molar refractivity (Wildman–Crippen MR) is 123 cm³/mol. The molecule has 0 fully saturated rings. The Morgan fingerprint density at radius 3 is 2.48 bits per heavy atom. The molecule has 1 aliphatic heterocycles. The molecule has 2 N–H and O–H groups in total. The predicted octanol–water partition coefficient (Wildman–Crippen LogP) is 4.99. The van der Waals surface area contributed by atoms with E-state index in [1.165, 1.54) is 19.2 Å². The monoisotopic (exact) mass is 448 g/mol. The lowest BCUT2D eigenvalue weighted by molar-refractivity contribution is -0.136. The summed E-state index contributed by atoms with van der Waals surface area (Å²) < 4.78 is 24.5. The molecule has 1 aliphatic rings. The number of urea groups is 1. The van der Waals surface area contributed by atoms with Crippen molar-refractivity contribution in [3.8, 4) is 5.75 Å². The number of carbonyl (C=O) groups excluding carboxylic acids is 2. The van der Waals surface area contributed by atoms with Gasteiger partial charge in [0.1, 0.15) is 18.2 Å². The van der Waals surface area contributed by atoms with Gasteiger partial charge < -0.3 is 20.1 Å². The largest absolute Gasteiger partial charge is 0.489 e. The van der Waals surface area contributed by atoms with Crippen LogP contribution in [0.1, 0.15) is 31.0 Å². The van der Waals surface area contributed by atoms with Crippen molar-refractivity contribution in [1.82, 2.24) is 10.6 Å². The fourth-order valence-electron chi connectivity index (χ4n) is 4.04. The van der Waals surface area contributed by atoms with Crippen molar-refractivity contribution in [1.29, 1.82) is 0 Å². The number of esters is 1. The first-order chi connectivity index (χ1) is 15.9. The molecule has 0 spiro atoms. The number of halogens is 1. The SMILES string of the molecule is COC(=O)C1=C(C(C)C)NC(=O)NC1c1c(OCc2ccc(F)cc2)ccc2ccccc12. The van der Waals surface area contributed by atoms with E-state index in [-0.39, 0.29) is 18.3 Å². The lowest BCUT2D eigenvalue weighted by atomic mass is 9.88. The molecule has 1 heterocycles. The van der Waals surface area contributed by atoms with Gasteiger partial charge in [-0.1, -0.05) is 56.3 Å². The van der Waals surface area contributed by atoms with Crippen LogP contribution in [0, 0.1) is 11.7 Å². The van der Waals surface area contributed by atoms with Gasteiger partial charge in [-0.3, -0.25) is 0 Å². The van der Waals surface area contributed by atoms with Crippen LogP contribution in [0.3, 0.4) is 0 Å². The minimum atomic E-state index is -0.780. The van der Waals surface area contributed by atoms with Crippen LogP contribution >= 0.6 is 0 Å². The Hall–Kier alpha value is -3.87. The molecular weight excluding hydrogens is 423 g/mol. The number of benzene rings is 3. The zero-order valence-corrected chi connectivity index (χ0v) is 18.6. The van der Waals surface area contributed by atoms with E-state index in [4.69, 9.17) is 9.47 Å². The molecule has 0 saturated carbocycles. The van der Waals surface area contributed by atoms with Gasteiger partial charge in [0.05, 0.1) is 18.7 Å². The molecule has 3 aromatic rings. The Balaban J connectivity index is 1.87. The number of ether oxygens (including phenoxy) is 2. The van der Waals surface area contributed by atoms with Crippen LogP contribution in [0.25, 0.3) is 10.8 Å². The molecule has 2 amide bonds. The Morgan fingerprint density at radius 2 is 1.79 bits per heavy atom. The number of hydrogen-bond donors (Lipinski definition) is 2. The van der Waals surface area contributed by atoms with Crippen LogP contribution in [0.2, 0.25) is 0 Å². The van der Waals surface area contributed by atoms with Crippen molar-refractivity contribution < 1.29 is 23.5 Å². The average molecular weight is 448 g/mol. The number of nitrogens with one attached hydrogen (secondary N) is 2. The number of rotatable bonds is 6. The number of hydrogen-bond acceptors (Lipinski definition) is 4. The second kappa shape index (κ2) is 9.32. The second-order valence-corrected chi connectivity index (χ2v) is 8.12. The Labute approximate surface area is 191 Å². The van der Waals surface area contributed by atoms with E-state index in [0.29, 0.717) is 22.6 Å². The summed E-state index contributed by atoms with van der Waals surface area (Å²) in [6.45, 7) is 3.99. The van der Waals surface area contributed by atoms with Crippen molar-refractivity contribution in [2.75, 3.05) is 7.11 Å². The van der Waals surface area contributed by atoms with E-state index in [9.17, 15) is 14.0 Å². The van der Waals surface area contributed by atoms with Gasteiger partial charge in [0.2, 0.25) is 0 Å². The van der Waals surface area contributed by atoms with Crippen molar-refractivity contribution >= 4 is 22.8 Å². The van der Waals surface area contributed by atoms with Crippen molar-refractivity contribution in [2.45, 2.75) is 26.5 Å². The molecule has 170 valence electrons. The molecule has 0 aliphatic carbocycles. The van der Waals surface area contributed by atoms with Gasteiger partial charge in [-0.05, 0) is 40.5 Å². The van der Waals surface area contributed by atoms with Crippen LogP contribution in [0.15, 0.2) is 71.9 Å². The van der Waals surface area contributed by atoms with E-state index in [1.807, 2.05) is 50.2 Å². The quantitative estimate of drug-likeness (QED) is 0.521. The molecule has 7 heteroatoms. The van der Waals surface area contributed by atoms with Gasteiger partial charge in [0.15, 0.2) is 0 Å². The molecular formula is C26H25FN2O4. The fourth-order valence-corrected chi connectivity index (χ4v) is 4.04. The molecule has 0 radical (unpaired) electrons. The Morgan fingerprint density at radius 1 is 1.06 bits per heavy atom. The van der Waals surface area contributed by atoms with Crippen LogP contribution in [0.4, 0.5) is 9.18 Å². The maximum absolute atomic E-state index is 13.3. The standard InChI is InChI=1S/C26H25FN2O4/c1-15(2)23-22(25(30)32-3)24(29-26(31)28-23)21-19-7-5-4-6-17(19)10-13-20(21)33-14-16-8-11-18(27)12-9-16/h4-13,15,24H,14H2,1-3H3,(H2,28,29,31). The van der Waals surface area contributed by atoms with Gasteiger partial charge in [-0.2, -0.15) is 0 Å². The van der Waals surface area contributed by atoms with E-state index < -0.39 is 18.0 Å². The Bertz CT molecular complexity index is 1230. The minimum absolute atomic E-state index is 0.119. The first-order valence-corrected chi connectivity index (χ1v) is 10.7. The second-order valence-electron chi connectivity index (χ2n) is 8.12. The van der Waals surface area contributed by atoms with E-state index in [2.05, 4.69) is 10.6 Å². The summed E-state index contributed by atoms with van der Waals surface area (Å²) in [6, 6.07) is 16.3. The highest BCUT2D eigenvalue weighted by Gasteiger charge is 2.36.